The zero-order chi connectivity index (χ0) is 13.1. The summed E-state index contributed by atoms with van der Waals surface area (Å²) >= 11 is 0. The molecule has 1 saturated heterocycles. The van der Waals surface area contributed by atoms with Gasteiger partial charge in [0.2, 0.25) is 0 Å². The van der Waals surface area contributed by atoms with Gasteiger partial charge in [-0.3, -0.25) is 0 Å². The number of aliphatic hydroxyl groups is 1. The lowest BCUT2D eigenvalue weighted by atomic mass is 9.67. The highest BCUT2D eigenvalue weighted by atomic mass is 16.5. The van der Waals surface area contributed by atoms with E-state index in [9.17, 15) is 5.11 Å². The Labute approximate surface area is 110 Å². The average Bonchev–Trinajstić information content (AvgIpc) is 2.35. The minimum absolute atomic E-state index is 0.0767. The van der Waals surface area contributed by atoms with Crippen LogP contribution in [0.1, 0.15) is 44.9 Å². The molecular weight excluding hydrogens is 230 g/mol. The molecule has 1 heterocycles. The molecule has 0 radical (unpaired) electrons. The quantitative estimate of drug-likeness (QED) is 0.756. The molecule has 0 bridgehead atoms. The van der Waals surface area contributed by atoms with Gasteiger partial charge in [-0.25, -0.2) is 0 Å². The molecule has 1 aliphatic carbocycles. The fourth-order valence-corrected chi connectivity index (χ4v) is 3.46. The molecule has 1 saturated carbocycles. The van der Waals surface area contributed by atoms with Crippen LogP contribution in [-0.2, 0) is 9.47 Å². The van der Waals surface area contributed by atoms with E-state index in [1.54, 1.807) is 7.11 Å². The number of hydrogen-bond donors (Lipinski definition) is 2. The average molecular weight is 257 g/mol. The van der Waals surface area contributed by atoms with Crippen LogP contribution in [0.15, 0.2) is 0 Å². The fourth-order valence-electron chi connectivity index (χ4n) is 3.46. The van der Waals surface area contributed by atoms with E-state index in [4.69, 9.17) is 15.2 Å². The van der Waals surface area contributed by atoms with E-state index in [1.807, 2.05) is 0 Å². The van der Waals surface area contributed by atoms with Crippen LogP contribution in [0.4, 0.5) is 0 Å². The van der Waals surface area contributed by atoms with Crippen molar-refractivity contribution in [2.45, 2.75) is 56.1 Å². The Hall–Kier alpha value is -0.160. The zero-order valence-corrected chi connectivity index (χ0v) is 11.5. The topological polar surface area (TPSA) is 64.7 Å². The van der Waals surface area contributed by atoms with E-state index in [2.05, 4.69) is 0 Å². The zero-order valence-electron chi connectivity index (χ0n) is 11.5. The highest BCUT2D eigenvalue weighted by Crippen LogP contribution is 2.47. The normalized spacial score (nSPS) is 29.8. The first-order chi connectivity index (χ1) is 8.64. The Morgan fingerprint density at radius 1 is 1.50 bits per heavy atom. The van der Waals surface area contributed by atoms with Gasteiger partial charge in [0, 0.05) is 13.7 Å². The summed E-state index contributed by atoms with van der Waals surface area (Å²) in [6.07, 6.45) is 7.08. The number of ether oxygens (including phenoxy) is 2. The summed E-state index contributed by atoms with van der Waals surface area (Å²) < 4.78 is 11.2. The third-order valence-corrected chi connectivity index (χ3v) is 4.73. The number of nitrogens with two attached hydrogens (primary N) is 1. The van der Waals surface area contributed by atoms with Crippen LogP contribution in [0, 0.1) is 5.92 Å². The molecule has 18 heavy (non-hydrogen) atoms. The molecule has 3 N–H and O–H groups in total. The van der Waals surface area contributed by atoms with E-state index in [1.165, 1.54) is 6.42 Å². The van der Waals surface area contributed by atoms with Gasteiger partial charge in [-0.15, -0.1) is 0 Å². The molecule has 4 nitrogen and oxygen atoms in total. The summed E-state index contributed by atoms with van der Waals surface area (Å²) in [7, 11) is 1.66. The van der Waals surface area contributed by atoms with Crippen molar-refractivity contribution in [3.63, 3.8) is 0 Å². The van der Waals surface area contributed by atoms with Crippen LogP contribution in [-0.4, -0.2) is 43.2 Å². The fraction of sp³-hybridized carbons (Fsp3) is 1.00. The Balaban J connectivity index is 2.00. The van der Waals surface area contributed by atoms with Gasteiger partial charge in [0.1, 0.15) is 0 Å². The molecule has 0 aromatic rings. The summed E-state index contributed by atoms with van der Waals surface area (Å²) in [5, 5.41) is 10.9. The third-order valence-electron chi connectivity index (χ3n) is 4.73. The van der Waals surface area contributed by atoms with Gasteiger partial charge < -0.3 is 20.3 Å². The monoisotopic (exact) mass is 257 g/mol. The van der Waals surface area contributed by atoms with Crippen LogP contribution in [0.5, 0.6) is 0 Å². The summed E-state index contributed by atoms with van der Waals surface area (Å²) in [6, 6.07) is 0. The van der Waals surface area contributed by atoms with E-state index in [-0.39, 0.29) is 11.5 Å². The molecule has 2 aliphatic rings. The Morgan fingerprint density at radius 2 is 2.28 bits per heavy atom. The predicted octanol–water partition coefficient (Wildman–Crippen LogP) is 1.45. The van der Waals surface area contributed by atoms with Crippen molar-refractivity contribution in [1.29, 1.82) is 0 Å². The minimum atomic E-state index is -0.722. The lowest BCUT2D eigenvalue weighted by Gasteiger charge is -2.50. The maximum Gasteiger partial charge on any atom is 0.0910 e. The Bertz CT molecular complexity index is 268. The van der Waals surface area contributed by atoms with Gasteiger partial charge in [-0.2, -0.15) is 0 Å². The van der Waals surface area contributed by atoms with E-state index < -0.39 is 5.60 Å². The molecule has 2 atom stereocenters. The molecule has 0 amide bonds. The van der Waals surface area contributed by atoms with Gasteiger partial charge in [-0.1, -0.05) is 0 Å². The molecule has 2 rings (SSSR count). The minimum Gasteiger partial charge on any atom is -0.387 e. The van der Waals surface area contributed by atoms with Crippen molar-refractivity contribution < 1.29 is 14.6 Å². The molecule has 0 aromatic heterocycles. The molecule has 2 fully saturated rings. The lowest BCUT2D eigenvalue weighted by molar-refractivity contribution is -0.186. The molecule has 106 valence electrons. The third kappa shape index (κ3) is 2.87. The smallest absolute Gasteiger partial charge is 0.0910 e. The van der Waals surface area contributed by atoms with Crippen molar-refractivity contribution in [2.75, 3.05) is 26.9 Å². The second-order valence-corrected chi connectivity index (χ2v) is 6.00. The number of methoxy groups -OCH3 is 1. The first kappa shape index (κ1) is 14.3. The maximum absolute atomic E-state index is 10.9. The Kier molecular flexibility index (Phi) is 4.64. The van der Waals surface area contributed by atoms with Gasteiger partial charge in [0.25, 0.3) is 0 Å². The molecule has 1 aliphatic heterocycles. The first-order valence-electron chi connectivity index (χ1n) is 7.19. The predicted molar refractivity (Wildman–Crippen MR) is 70.4 cm³/mol. The van der Waals surface area contributed by atoms with Crippen molar-refractivity contribution in [2.24, 2.45) is 11.7 Å². The molecule has 2 unspecified atom stereocenters. The second kappa shape index (κ2) is 5.87. The van der Waals surface area contributed by atoms with Crippen molar-refractivity contribution in [3.8, 4) is 0 Å². The standard InChI is InChI=1S/C14H27NO3/c1-17-11-14(16,7-3-8-15)12-4-9-18-13(10-12)5-2-6-13/h12,16H,2-11,15H2,1H3. The molecular formula is C14H27NO3. The lowest BCUT2D eigenvalue weighted by Crippen LogP contribution is -2.53. The summed E-state index contributed by atoms with van der Waals surface area (Å²) in [5.74, 6) is 0.290. The number of hydrogen-bond acceptors (Lipinski definition) is 4. The van der Waals surface area contributed by atoms with Crippen LogP contribution >= 0.6 is 0 Å². The van der Waals surface area contributed by atoms with Crippen LogP contribution < -0.4 is 5.73 Å². The first-order valence-corrected chi connectivity index (χ1v) is 7.19. The highest BCUT2D eigenvalue weighted by molar-refractivity contribution is 4.99. The van der Waals surface area contributed by atoms with Crippen molar-refractivity contribution >= 4 is 0 Å². The summed E-state index contributed by atoms with van der Waals surface area (Å²) in [5.41, 5.74) is 4.93. The van der Waals surface area contributed by atoms with E-state index in [0.29, 0.717) is 13.2 Å². The number of rotatable bonds is 6. The van der Waals surface area contributed by atoms with E-state index in [0.717, 1.165) is 45.1 Å². The van der Waals surface area contributed by atoms with Crippen molar-refractivity contribution in [3.05, 3.63) is 0 Å². The van der Waals surface area contributed by atoms with Crippen LogP contribution in [0.2, 0.25) is 0 Å². The SMILES string of the molecule is COCC(O)(CCCN)C1CCOC2(CCC2)C1. The largest absolute Gasteiger partial charge is 0.387 e. The van der Waals surface area contributed by atoms with Crippen LogP contribution in [0.25, 0.3) is 0 Å². The van der Waals surface area contributed by atoms with Crippen LogP contribution in [0.3, 0.4) is 0 Å². The maximum atomic E-state index is 10.9. The highest BCUT2D eigenvalue weighted by Gasteiger charge is 2.48. The van der Waals surface area contributed by atoms with Gasteiger partial charge in [0.05, 0.1) is 17.8 Å². The van der Waals surface area contributed by atoms with Gasteiger partial charge in [0.15, 0.2) is 0 Å². The van der Waals surface area contributed by atoms with E-state index >= 15 is 0 Å². The van der Waals surface area contributed by atoms with Crippen molar-refractivity contribution in [1.82, 2.24) is 0 Å². The van der Waals surface area contributed by atoms with Gasteiger partial charge in [-0.05, 0) is 57.4 Å². The van der Waals surface area contributed by atoms with Gasteiger partial charge >= 0.3 is 0 Å². The summed E-state index contributed by atoms with van der Waals surface area (Å²) in [6.45, 7) is 1.81. The second-order valence-electron chi connectivity index (χ2n) is 6.00. The Morgan fingerprint density at radius 3 is 2.83 bits per heavy atom. The molecule has 0 aromatic carbocycles. The molecule has 4 heteroatoms. The summed E-state index contributed by atoms with van der Waals surface area (Å²) in [4.78, 5) is 0. The molecule has 1 spiro atoms.